The first kappa shape index (κ1) is 23.7. The van der Waals surface area contributed by atoms with Gasteiger partial charge < -0.3 is 21.3 Å². The number of benzene rings is 3. The number of carbonyl (C=O) groups excluding carboxylic acids is 1. The number of nitrogens with two attached hydrogens (primary N) is 1. The zero-order valence-electron chi connectivity index (χ0n) is 21.2. The Hall–Kier alpha value is -4.63. The molecule has 0 atom stereocenters. The van der Waals surface area contributed by atoms with Gasteiger partial charge in [0.25, 0.3) is 5.91 Å². The van der Waals surface area contributed by atoms with E-state index in [-0.39, 0.29) is 5.91 Å². The molecular formula is C29H30N8O. The molecule has 5 N–H and O–H groups in total. The Kier molecular flexibility index (Phi) is 6.27. The number of amides is 1. The molecule has 0 radical (unpaired) electrons. The van der Waals surface area contributed by atoms with Gasteiger partial charge in [-0.2, -0.15) is 5.10 Å². The van der Waals surface area contributed by atoms with E-state index < -0.39 is 0 Å². The van der Waals surface area contributed by atoms with E-state index in [0.717, 1.165) is 48.3 Å². The van der Waals surface area contributed by atoms with Gasteiger partial charge in [-0.1, -0.05) is 12.1 Å². The Morgan fingerprint density at radius 1 is 1.00 bits per heavy atom. The molecule has 9 heteroatoms. The number of piperidine rings is 1. The van der Waals surface area contributed by atoms with Crippen LogP contribution in [0.2, 0.25) is 0 Å². The molecule has 0 unspecified atom stereocenters. The quantitative estimate of drug-likeness (QED) is 0.247. The lowest BCUT2D eigenvalue weighted by molar-refractivity contribution is 0.102. The number of rotatable bonds is 6. The van der Waals surface area contributed by atoms with Crippen LogP contribution in [0.3, 0.4) is 0 Å². The van der Waals surface area contributed by atoms with Crippen molar-refractivity contribution < 1.29 is 4.79 Å². The van der Waals surface area contributed by atoms with Gasteiger partial charge in [0.15, 0.2) is 5.82 Å². The standard InChI is InChI=1S/C29H30N8O/c1-36-16-14-22(15-17-36)31-21-10-6-19(7-11-21)29(38)33-27-18-25(34-35-27)28-32-24-4-2-3-5-26(24)37(28)23-12-8-20(30)9-13-23/h2-13,18,22,31H,14-17,30H2,1H3,(H2,33,34,35,38). The predicted octanol–water partition coefficient (Wildman–Crippen LogP) is 4.76. The smallest absolute Gasteiger partial charge is 0.256 e. The van der Waals surface area contributed by atoms with E-state index in [2.05, 4.69) is 32.8 Å². The molecule has 0 spiro atoms. The average Bonchev–Trinajstić information content (AvgIpc) is 3.55. The van der Waals surface area contributed by atoms with Crippen LogP contribution < -0.4 is 16.4 Å². The molecule has 2 aromatic heterocycles. The number of H-pyrrole nitrogens is 1. The van der Waals surface area contributed by atoms with Crippen LogP contribution in [0.25, 0.3) is 28.2 Å². The highest BCUT2D eigenvalue weighted by molar-refractivity contribution is 6.04. The second-order valence-electron chi connectivity index (χ2n) is 9.77. The van der Waals surface area contributed by atoms with Gasteiger partial charge in [-0.15, -0.1) is 0 Å². The minimum absolute atomic E-state index is 0.210. The van der Waals surface area contributed by atoms with Crippen molar-refractivity contribution in [1.29, 1.82) is 0 Å². The van der Waals surface area contributed by atoms with Crippen molar-refractivity contribution in [2.75, 3.05) is 36.5 Å². The number of aromatic nitrogens is 4. The van der Waals surface area contributed by atoms with Crippen LogP contribution >= 0.6 is 0 Å². The van der Waals surface area contributed by atoms with E-state index in [1.807, 2.05) is 77.4 Å². The van der Waals surface area contributed by atoms with Crippen molar-refractivity contribution in [1.82, 2.24) is 24.6 Å². The number of para-hydroxylation sites is 2. The minimum Gasteiger partial charge on any atom is -0.399 e. The first-order valence-corrected chi connectivity index (χ1v) is 12.8. The van der Waals surface area contributed by atoms with Crippen molar-refractivity contribution in [3.63, 3.8) is 0 Å². The molecule has 1 aliphatic heterocycles. The maximum absolute atomic E-state index is 12.9. The molecule has 0 aliphatic carbocycles. The summed E-state index contributed by atoms with van der Waals surface area (Å²) in [5.74, 6) is 0.949. The van der Waals surface area contributed by atoms with E-state index in [1.54, 1.807) is 6.07 Å². The number of hydrogen-bond acceptors (Lipinski definition) is 6. The maximum Gasteiger partial charge on any atom is 0.256 e. The summed E-state index contributed by atoms with van der Waals surface area (Å²) in [5, 5.41) is 13.9. The van der Waals surface area contributed by atoms with Crippen LogP contribution in [-0.4, -0.2) is 56.7 Å². The van der Waals surface area contributed by atoms with Crippen LogP contribution in [0.15, 0.2) is 78.9 Å². The number of imidazole rings is 1. The van der Waals surface area contributed by atoms with Crippen molar-refractivity contribution >= 4 is 34.1 Å². The SMILES string of the molecule is CN1CCC(Nc2ccc(C(=O)Nc3cc(-c4nc5ccccc5n4-c4ccc(N)cc4)n[nH]3)cc2)CC1. The van der Waals surface area contributed by atoms with Gasteiger partial charge in [0.2, 0.25) is 0 Å². The molecule has 3 heterocycles. The maximum atomic E-state index is 12.9. The Bertz CT molecular complexity index is 1560. The summed E-state index contributed by atoms with van der Waals surface area (Å²) in [4.78, 5) is 20.1. The number of nitrogen functional groups attached to an aromatic ring is 1. The molecule has 38 heavy (non-hydrogen) atoms. The second kappa shape index (κ2) is 10.0. The first-order chi connectivity index (χ1) is 18.5. The van der Waals surface area contributed by atoms with Crippen LogP contribution in [0.4, 0.5) is 17.2 Å². The number of likely N-dealkylation sites (tertiary alicyclic amines) is 1. The third kappa shape index (κ3) is 4.83. The molecule has 0 bridgehead atoms. The topological polar surface area (TPSA) is 117 Å². The number of carbonyl (C=O) groups is 1. The highest BCUT2D eigenvalue weighted by Gasteiger charge is 2.19. The Morgan fingerprint density at radius 2 is 1.74 bits per heavy atom. The fraction of sp³-hybridized carbons (Fsp3) is 0.207. The van der Waals surface area contributed by atoms with Crippen LogP contribution in [-0.2, 0) is 0 Å². The molecule has 1 aliphatic rings. The zero-order valence-corrected chi connectivity index (χ0v) is 21.2. The molecule has 5 aromatic rings. The Labute approximate surface area is 220 Å². The number of anilines is 3. The summed E-state index contributed by atoms with van der Waals surface area (Å²) >= 11 is 0. The lowest BCUT2D eigenvalue weighted by Gasteiger charge is -2.30. The van der Waals surface area contributed by atoms with Gasteiger partial charge in [-0.3, -0.25) is 14.5 Å². The lowest BCUT2D eigenvalue weighted by atomic mass is 10.0. The molecular weight excluding hydrogens is 476 g/mol. The lowest BCUT2D eigenvalue weighted by Crippen LogP contribution is -2.36. The summed E-state index contributed by atoms with van der Waals surface area (Å²) in [7, 11) is 2.16. The largest absolute Gasteiger partial charge is 0.399 e. The third-order valence-electron chi connectivity index (χ3n) is 7.00. The van der Waals surface area contributed by atoms with Crippen molar-refractivity contribution in [2.45, 2.75) is 18.9 Å². The normalized spacial score (nSPS) is 14.6. The summed E-state index contributed by atoms with van der Waals surface area (Å²) in [6, 6.07) is 25.4. The number of aromatic amines is 1. The van der Waals surface area contributed by atoms with E-state index in [0.29, 0.717) is 34.6 Å². The van der Waals surface area contributed by atoms with Crippen LogP contribution in [0.1, 0.15) is 23.2 Å². The van der Waals surface area contributed by atoms with Gasteiger partial charge in [-0.05, 0) is 93.6 Å². The molecule has 6 rings (SSSR count). The van der Waals surface area contributed by atoms with Crippen molar-refractivity contribution in [3.8, 4) is 17.2 Å². The zero-order chi connectivity index (χ0) is 26.1. The Morgan fingerprint density at radius 3 is 2.50 bits per heavy atom. The van der Waals surface area contributed by atoms with Gasteiger partial charge in [0.05, 0.1) is 11.0 Å². The van der Waals surface area contributed by atoms with Gasteiger partial charge >= 0.3 is 0 Å². The highest BCUT2D eigenvalue weighted by Crippen LogP contribution is 2.29. The number of nitrogens with one attached hydrogen (secondary N) is 3. The number of hydrogen-bond donors (Lipinski definition) is 4. The predicted molar refractivity (Wildman–Crippen MR) is 152 cm³/mol. The van der Waals surface area contributed by atoms with Crippen molar-refractivity contribution in [3.05, 3.63) is 84.4 Å². The molecule has 1 amide bonds. The summed E-state index contributed by atoms with van der Waals surface area (Å²) in [6.45, 7) is 2.20. The number of fused-ring (bicyclic) bond motifs is 1. The van der Waals surface area contributed by atoms with E-state index in [4.69, 9.17) is 10.7 Å². The van der Waals surface area contributed by atoms with Crippen molar-refractivity contribution in [2.24, 2.45) is 0 Å². The van der Waals surface area contributed by atoms with Crippen LogP contribution in [0.5, 0.6) is 0 Å². The molecule has 3 aromatic carbocycles. The molecule has 9 nitrogen and oxygen atoms in total. The summed E-state index contributed by atoms with van der Waals surface area (Å²) in [5.41, 5.74) is 11.5. The van der Waals surface area contributed by atoms with Gasteiger partial charge in [0, 0.05) is 34.7 Å². The Balaban J connectivity index is 1.20. The molecule has 1 fully saturated rings. The molecule has 1 saturated heterocycles. The monoisotopic (exact) mass is 506 g/mol. The number of nitrogens with zero attached hydrogens (tertiary/aromatic N) is 4. The third-order valence-corrected chi connectivity index (χ3v) is 7.00. The summed E-state index contributed by atoms with van der Waals surface area (Å²) < 4.78 is 2.03. The fourth-order valence-corrected chi connectivity index (χ4v) is 4.88. The summed E-state index contributed by atoms with van der Waals surface area (Å²) in [6.07, 6.45) is 2.24. The van der Waals surface area contributed by atoms with Gasteiger partial charge in [0.1, 0.15) is 11.5 Å². The molecule has 192 valence electrons. The van der Waals surface area contributed by atoms with Gasteiger partial charge in [-0.25, -0.2) is 4.98 Å². The molecule has 0 saturated carbocycles. The first-order valence-electron chi connectivity index (χ1n) is 12.8. The average molecular weight is 507 g/mol. The van der Waals surface area contributed by atoms with E-state index in [9.17, 15) is 4.79 Å². The minimum atomic E-state index is -0.210. The van der Waals surface area contributed by atoms with E-state index >= 15 is 0 Å². The highest BCUT2D eigenvalue weighted by atomic mass is 16.1. The second-order valence-corrected chi connectivity index (χ2v) is 9.77. The van der Waals surface area contributed by atoms with E-state index in [1.165, 1.54) is 0 Å². The fourth-order valence-electron chi connectivity index (χ4n) is 4.88. The van der Waals surface area contributed by atoms with Crippen LogP contribution in [0, 0.1) is 0 Å².